The van der Waals surface area contributed by atoms with Crippen molar-refractivity contribution in [2.24, 2.45) is 0 Å². The third-order valence-corrected chi connectivity index (χ3v) is 3.14. The molecule has 3 nitrogen and oxygen atoms in total. The summed E-state index contributed by atoms with van der Waals surface area (Å²) in [6, 6.07) is 5.09. The van der Waals surface area contributed by atoms with Crippen molar-refractivity contribution in [1.29, 1.82) is 0 Å². The highest BCUT2D eigenvalue weighted by atomic mass is 19.4. The molecule has 0 spiro atoms. The number of piperazine rings is 1. The maximum absolute atomic E-state index is 12.4. The summed E-state index contributed by atoms with van der Waals surface area (Å²) in [6.45, 7) is 2.30. The molecule has 1 heterocycles. The first-order valence-electron chi connectivity index (χ1n) is 6.11. The van der Waals surface area contributed by atoms with E-state index in [0.29, 0.717) is 26.1 Å². The second kappa shape index (κ2) is 5.61. The lowest BCUT2D eigenvalue weighted by atomic mass is 10.1. The summed E-state index contributed by atoms with van der Waals surface area (Å²) in [4.78, 5) is 13.2. The fraction of sp³-hybridized carbons (Fsp3) is 0.462. The number of amides is 1. The van der Waals surface area contributed by atoms with Gasteiger partial charge in [0.25, 0.3) is 0 Å². The number of halogens is 3. The Bertz CT molecular complexity index is 442. The molecule has 0 aromatic heterocycles. The van der Waals surface area contributed by atoms with Gasteiger partial charge in [-0.25, -0.2) is 0 Å². The highest BCUT2D eigenvalue weighted by molar-refractivity contribution is 5.78. The molecule has 0 atom stereocenters. The van der Waals surface area contributed by atoms with E-state index >= 15 is 0 Å². The number of hydrogen-bond donors (Lipinski definition) is 1. The Morgan fingerprint density at radius 3 is 2.47 bits per heavy atom. The van der Waals surface area contributed by atoms with Crippen molar-refractivity contribution >= 4 is 5.91 Å². The van der Waals surface area contributed by atoms with Gasteiger partial charge in [-0.2, -0.15) is 13.2 Å². The summed E-state index contributed by atoms with van der Waals surface area (Å²) in [6.07, 6.45) is -3.73. The number of carbonyl (C=O) groups excluding carboxylic acids is 1. The number of benzene rings is 1. The van der Waals surface area contributed by atoms with Gasteiger partial charge in [0, 0.05) is 19.6 Å². The molecular formula is C13H15F3N2O. The van der Waals surface area contributed by atoms with E-state index in [4.69, 9.17) is 0 Å². The van der Waals surface area contributed by atoms with Crippen molar-refractivity contribution in [3.05, 3.63) is 35.4 Å². The van der Waals surface area contributed by atoms with Gasteiger partial charge in [0.1, 0.15) is 0 Å². The largest absolute Gasteiger partial charge is 0.416 e. The Labute approximate surface area is 109 Å². The van der Waals surface area contributed by atoms with Gasteiger partial charge in [-0.15, -0.1) is 0 Å². The van der Waals surface area contributed by atoms with Gasteiger partial charge in [0.05, 0.1) is 12.1 Å². The smallest absolute Gasteiger partial charge is 0.340 e. The first-order valence-corrected chi connectivity index (χ1v) is 6.11. The van der Waals surface area contributed by atoms with E-state index < -0.39 is 11.7 Å². The molecule has 0 bridgehead atoms. The standard InChI is InChI=1S/C13H15F3N2O/c14-13(15,16)11-3-1-10(2-4-11)5-7-18-8-6-17-9-12(18)19/h1-4,17H,5-9H2. The maximum atomic E-state index is 12.4. The van der Waals surface area contributed by atoms with Crippen molar-refractivity contribution < 1.29 is 18.0 Å². The normalized spacial score (nSPS) is 16.8. The van der Waals surface area contributed by atoms with Gasteiger partial charge in [-0.3, -0.25) is 4.79 Å². The SMILES string of the molecule is O=C1CNCCN1CCc1ccc(C(F)(F)F)cc1. The number of rotatable bonds is 3. The van der Waals surface area contributed by atoms with Crippen LogP contribution in [0.4, 0.5) is 13.2 Å². The summed E-state index contributed by atoms with van der Waals surface area (Å²) < 4.78 is 37.2. The number of nitrogens with one attached hydrogen (secondary N) is 1. The van der Waals surface area contributed by atoms with E-state index in [-0.39, 0.29) is 5.91 Å². The Kier molecular flexibility index (Phi) is 4.09. The number of nitrogens with zero attached hydrogens (tertiary/aromatic N) is 1. The van der Waals surface area contributed by atoms with Crippen LogP contribution in [-0.2, 0) is 17.4 Å². The molecule has 0 aliphatic carbocycles. The van der Waals surface area contributed by atoms with E-state index in [1.807, 2.05) is 0 Å². The van der Waals surface area contributed by atoms with Crippen LogP contribution in [0.15, 0.2) is 24.3 Å². The molecule has 0 radical (unpaired) electrons. The zero-order valence-corrected chi connectivity index (χ0v) is 10.3. The van der Waals surface area contributed by atoms with E-state index in [0.717, 1.165) is 24.2 Å². The molecule has 6 heteroatoms. The molecular weight excluding hydrogens is 257 g/mol. The molecule has 1 aliphatic heterocycles. The van der Waals surface area contributed by atoms with Gasteiger partial charge in [0.15, 0.2) is 0 Å². The van der Waals surface area contributed by atoms with E-state index in [2.05, 4.69) is 5.32 Å². The van der Waals surface area contributed by atoms with E-state index in [9.17, 15) is 18.0 Å². The summed E-state index contributed by atoms with van der Waals surface area (Å²) in [5.74, 6) is 0.0400. The van der Waals surface area contributed by atoms with Crippen molar-refractivity contribution in [1.82, 2.24) is 10.2 Å². The van der Waals surface area contributed by atoms with Crippen molar-refractivity contribution in [3.63, 3.8) is 0 Å². The van der Waals surface area contributed by atoms with Crippen LogP contribution in [0, 0.1) is 0 Å². The van der Waals surface area contributed by atoms with Crippen LogP contribution >= 0.6 is 0 Å². The quantitative estimate of drug-likeness (QED) is 0.908. The van der Waals surface area contributed by atoms with Crippen LogP contribution in [0.25, 0.3) is 0 Å². The molecule has 0 unspecified atom stereocenters. The van der Waals surface area contributed by atoms with Crippen LogP contribution in [0.1, 0.15) is 11.1 Å². The predicted molar refractivity (Wildman–Crippen MR) is 64.6 cm³/mol. The fourth-order valence-corrected chi connectivity index (χ4v) is 2.01. The molecule has 19 heavy (non-hydrogen) atoms. The predicted octanol–water partition coefficient (Wildman–Crippen LogP) is 1.68. The van der Waals surface area contributed by atoms with Crippen molar-refractivity contribution in [2.45, 2.75) is 12.6 Å². The van der Waals surface area contributed by atoms with Crippen LogP contribution in [0.2, 0.25) is 0 Å². The average molecular weight is 272 g/mol. The average Bonchev–Trinajstić information content (AvgIpc) is 2.37. The van der Waals surface area contributed by atoms with Crippen LogP contribution in [0.5, 0.6) is 0 Å². The van der Waals surface area contributed by atoms with E-state index in [1.54, 1.807) is 4.90 Å². The topological polar surface area (TPSA) is 32.3 Å². The van der Waals surface area contributed by atoms with Crippen LogP contribution in [0.3, 0.4) is 0 Å². The minimum atomic E-state index is -4.30. The minimum Gasteiger partial charge on any atom is -0.340 e. The molecule has 1 saturated heterocycles. The van der Waals surface area contributed by atoms with Gasteiger partial charge in [0.2, 0.25) is 5.91 Å². The highest BCUT2D eigenvalue weighted by Crippen LogP contribution is 2.29. The lowest BCUT2D eigenvalue weighted by Gasteiger charge is -2.27. The second-order valence-corrected chi connectivity index (χ2v) is 4.50. The zero-order chi connectivity index (χ0) is 13.9. The molecule has 1 aromatic carbocycles. The fourth-order valence-electron chi connectivity index (χ4n) is 2.01. The van der Waals surface area contributed by atoms with Crippen molar-refractivity contribution in [2.75, 3.05) is 26.2 Å². The molecule has 1 fully saturated rings. The maximum Gasteiger partial charge on any atom is 0.416 e. The van der Waals surface area contributed by atoms with E-state index in [1.165, 1.54) is 12.1 Å². The lowest BCUT2D eigenvalue weighted by Crippen LogP contribution is -2.48. The molecule has 1 N–H and O–H groups in total. The molecule has 1 aromatic rings. The highest BCUT2D eigenvalue weighted by Gasteiger charge is 2.29. The Morgan fingerprint density at radius 2 is 1.89 bits per heavy atom. The third kappa shape index (κ3) is 3.70. The molecule has 1 aliphatic rings. The Hall–Kier alpha value is -1.56. The molecule has 104 valence electrons. The monoisotopic (exact) mass is 272 g/mol. The Morgan fingerprint density at radius 1 is 1.21 bits per heavy atom. The lowest BCUT2D eigenvalue weighted by molar-refractivity contribution is -0.137. The summed E-state index contributed by atoms with van der Waals surface area (Å²) >= 11 is 0. The van der Waals surface area contributed by atoms with Crippen LogP contribution < -0.4 is 5.32 Å². The van der Waals surface area contributed by atoms with Crippen LogP contribution in [-0.4, -0.2) is 37.0 Å². The minimum absolute atomic E-state index is 0.0400. The van der Waals surface area contributed by atoms with Crippen molar-refractivity contribution in [3.8, 4) is 0 Å². The number of carbonyl (C=O) groups is 1. The third-order valence-electron chi connectivity index (χ3n) is 3.14. The number of alkyl halides is 3. The summed E-state index contributed by atoms with van der Waals surface area (Å²) in [5, 5.41) is 2.97. The van der Waals surface area contributed by atoms with Gasteiger partial charge >= 0.3 is 6.18 Å². The zero-order valence-electron chi connectivity index (χ0n) is 10.3. The van der Waals surface area contributed by atoms with Gasteiger partial charge in [-0.05, 0) is 24.1 Å². The summed E-state index contributed by atoms with van der Waals surface area (Å²) in [5.41, 5.74) is 0.161. The molecule has 2 rings (SSSR count). The number of hydrogen-bond acceptors (Lipinski definition) is 2. The van der Waals surface area contributed by atoms with Gasteiger partial charge < -0.3 is 10.2 Å². The van der Waals surface area contributed by atoms with Gasteiger partial charge in [-0.1, -0.05) is 12.1 Å². The molecule has 1 amide bonds. The summed E-state index contributed by atoms with van der Waals surface area (Å²) in [7, 11) is 0. The Balaban J connectivity index is 1.91. The second-order valence-electron chi connectivity index (χ2n) is 4.50. The first-order chi connectivity index (χ1) is 8.97. The molecule has 0 saturated carbocycles. The first kappa shape index (κ1) is 13.9.